The Bertz CT molecular complexity index is 1410. The molecule has 0 atom stereocenters. The zero-order valence-corrected chi connectivity index (χ0v) is 21.3. The lowest BCUT2D eigenvalue weighted by molar-refractivity contribution is 0.0360. The van der Waals surface area contributed by atoms with Crippen molar-refractivity contribution in [2.45, 2.75) is 6.54 Å². The van der Waals surface area contributed by atoms with Crippen LogP contribution in [0.25, 0.3) is 20.7 Å². The highest BCUT2D eigenvalue weighted by Gasteiger charge is 2.17. The number of rotatable bonds is 7. The average molecular weight is 529 g/mol. The number of pyridine rings is 1. The third-order valence-corrected chi connectivity index (χ3v) is 7.63. The minimum atomic E-state index is 0.410. The van der Waals surface area contributed by atoms with Crippen molar-refractivity contribution < 1.29 is 9.47 Å². The summed E-state index contributed by atoms with van der Waals surface area (Å²) in [6, 6.07) is 7.56. The molecular weight excluding hydrogens is 507 g/mol. The Morgan fingerprint density at radius 1 is 1.17 bits per heavy atom. The third kappa shape index (κ3) is 5.08. The molecule has 1 aromatic carbocycles. The number of nitriles is 1. The Labute approximate surface area is 216 Å². The Hall–Kier alpha value is -2.87. The molecule has 3 aromatic heterocycles. The standard InChI is InChI=1S/C24H22Cl2N6O2S/c1-33-21-9-19(17(25)8-18(21)26)30-23-15(11-27)12-28-20-10-22(35-24(20)23)16-13-29-32(14-16)3-2-31-4-6-34-7-5-31/h8-10,12-14H,2-7H2,1H3,(H,28,30). The molecule has 1 saturated heterocycles. The number of methoxy groups -OCH3 is 1. The van der Waals surface area contributed by atoms with Gasteiger partial charge in [0.1, 0.15) is 11.8 Å². The fourth-order valence-corrected chi connectivity index (χ4v) is 5.53. The van der Waals surface area contributed by atoms with Crippen LogP contribution in [0.15, 0.2) is 36.8 Å². The molecule has 0 amide bonds. The SMILES string of the molecule is COc1cc(Nc2c(C#N)cnc3cc(-c4cnn(CCN5CCOCC5)c4)sc23)c(Cl)cc1Cl. The molecule has 1 aliphatic rings. The van der Waals surface area contributed by atoms with Crippen LogP contribution in [-0.4, -0.2) is 59.6 Å². The van der Waals surface area contributed by atoms with Crippen molar-refractivity contribution in [2.75, 3.05) is 45.3 Å². The van der Waals surface area contributed by atoms with E-state index in [-0.39, 0.29) is 0 Å². The molecule has 35 heavy (non-hydrogen) atoms. The van der Waals surface area contributed by atoms with Gasteiger partial charge in [0.15, 0.2) is 0 Å². The molecule has 1 N–H and O–H groups in total. The normalized spacial score (nSPS) is 14.2. The van der Waals surface area contributed by atoms with Gasteiger partial charge in [-0.2, -0.15) is 10.4 Å². The lowest BCUT2D eigenvalue weighted by Crippen LogP contribution is -2.38. The highest BCUT2D eigenvalue weighted by Crippen LogP contribution is 2.41. The summed E-state index contributed by atoms with van der Waals surface area (Å²) < 4.78 is 13.5. The summed E-state index contributed by atoms with van der Waals surface area (Å²) in [6.07, 6.45) is 5.47. The van der Waals surface area contributed by atoms with Crippen LogP contribution in [0.4, 0.5) is 11.4 Å². The first kappa shape index (κ1) is 23.9. The van der Waals surface area contributed by atoms with Gasteiger partial charge in [-0.15, -0.1) is 11.3 Å². The van der Waals surface area contributed by atoms with Crippen LogP contribution >= 0.6 is 34.5 Å². The van der Waals surface area contributed by atoms with E-state index in [1.54, 1.807) is 29.7 Å². The molecule has 0 bridgehead atoms. The second kappa shape index (κ2) is 10.4. The van der Waals surface area contributed by atoms with Gasteiger partial charge in [-0.3, -0.25) is 14.6 Å². The van der Waals surface area contributed by atoms with Gasteiger partial charge in [-0.05, 0) is 12.1 Å². The maximum absolute atomic E-state index is 9.73. The Morgan fingerprint density at radius 2 is 2.00 bits per heavy atom. The number of hydrogen-bond acceptors (Lipinski definition) is 8. The maximum Gasteiger partial charge on any atom is 0.139 e. The van der Waals surface area contributed by atoms with E-state index >= 15 is 0 Å². The molecule has 1 aliphatic heterocycles. The molecule has 0 radical (unpaired) electrons. The molecular formula is C24H22Cl2N6O2S. The number of aromatic nitrogens is 3. The number of halogens is 2. The Kier molecular flexibility index (Phi) is 7.09. The van der Waals surface area contributed by atoms with Crippen molar-refractivity contribution in [3.63, 3.8) is 0 Å². The summed E-state index contributed by atoms with van der Waals surface area (Å²) in [5, 5.41) is 18.4. The smallest absolute Gasteiger partial charge is 0.139 e. The summed E-state index contributed by atoms with van der Waals surface area (Å²) in [4.78, 5) is 7.90. The third-order valence-electron chi connectivity index (χ3n) is 5.83. The van der Waals surface area contributed by atoms with Gasteiger partial charge in [0.2, 0.25) is 0 Å². The van der Waals surface area contributed by atoms with E-state index in [1.807, 2.05) is 23.1 Å². The van der Waals surface area contributed by atoms with Crippen molar-refractivity contribution in [1.29, 1.82) is 5.26 Å². The summed E-state index contributed by atoms with van der Waals surface area (Å²) in [5.74, 6) is 0.485. The van der Waals surface area contributed by atoms with E-state index in [4.69, 9.17) is 32.7 Å². The molecule has 0 unspecified atom stereocenters. The minimum absolute atomic E-state index is 0.410. The molecule has 5 rings (SSSR count). The van der Waals surface area contributed by atoms with Gasteiger partial charge in [-0.1, -0.05) is 23.2 Å². The second-order valence-corrected chi connectivity index (χ2v) is 9.89. The van der Waals surface area contributed by atoms with Crippen molar-refractivity contribution in [1.82, 2.24) is 19.7 Å². The van der Waals surface area contributed by atoms with Crippen LogP contribution in [0.5, 0.6) is 5.75 Å². The van der Waals surface area contributed by atoms with E-state index in [2.05, 4.69) is 26.4 Å². The van der Waals surface area contributed by atoms with Crippen molar-refractivity contribution >= 4 is 56.1 Å². The largest absolute Gasteiger partial charge is 0.495 e. The van der Waals surface area contributed by atoms with Gasteiger partial charge in [-0.25, -0.2) is 0 Å². The number of nitrogens with zero attached hydrogens (tertiary/aromatic N) is 5. The molecule has 8 nitrogen and oxygen atoms in total. The van der Waals surface area contributed by atoms with Gasteiger partial charge in [0.05, 0.1) is 70.3 Å². The minimum Gasteiger partial charge on any atom is -0.495 e. The van der Waals surface area contributed by atoms with Gasteiger partial charge in [0.25, 0.3) is 0 Å². The van der Waals surface area contributed by atoms with Gasteiger partial charge < -0.3 is 14.8 Å². The zero-order chi connectivity index (χ0) is 24.4. The predicted molar refractivity (Wildman–Crippen MR) is 139 cm³/mol. The Morgan fingerprint density at radius 3 is 2.77 bits per heavy atom. The number of anilines is 2. The highest BCUT2D eigenvalue weighted by atomic mass is 35.5. The highest BCUT2D eigenvalue weighted by molar-refractivity contribution is 7.22. The molecule has 180 valence electrons. The van der Waals surface area contributed by atoms with E-state index in [1.165, 1.54) is 7.11 Å². The number of morpholine rings is 1. The molecule has 0 aliphatic carbocycles. The van der Waals surface area contributed by atoms with E-state index in [0.717, 1.165) is 60.1 Å². The van der Waals surface area contributed by atoms with Gasteiger partial charge >= 0.3 is 0 Å². The van der Waals surface area contributed by atoms with Gasteiger partial charge in [0, 0.05) is 48.5 Å². The molecule has 11 heteroatoms. The molecule has 0 spiro atoms. The lowest BCUT2D eigenvalue weighted by Gasteiger charge is -2.26. The first-order chi connectivity index (χ1) is 17.1. The quantitative estimate of drug-likeness (QED) is 0.342. The second-order valence-electron chi connectivity index (χ2n) is 8.02. The molecule has 1 fully saturated rings. The summed E-state index contributed by atoms with van der Waals surface area (Å²) in [7, 11) is 1.54. The van der Waals surface area contributed by atoms with Crippen molar-refractivity contribution in [3.8, 4) is 22.3 Å². The average Bonchev–Trinajstić information content (AvgIpc) is 3.52. The molecule has 0 saturated carbocycles. The summed E-state index contributed by atoms with van der Waals surface area (Å²) >= 11 is 14.2. The maximum atomic E-state index is 9.73. The first-order valence-corrected chi connectivity index (χ1v) is 12.6. The van der Waals surface area contributed by atoms with Crippen LogP contribution in [0, 0.1) is 11.3 Å². The van der Waals surface area contributed by atoms with Crippen molar-refractivity contribution in [3.05, 3.63) is 52.4 Å². The summed E-state index contributed by atoms with van der Waals surface area (Å²) in [6.45, 7) is 5.23. The molecule has 4 heterocycles. The van der Waals surface area contributed by atoms with E-state index < -0.39 is 0 Å². The van der Waals surface area contributed by atoms with E-state index in [0.29, 0.717) is 32.7 Å². The summed E-state index contributed by atoms with van der Waals surface area (Å²) in [5.41, 5.74) is 3.43. The number of thiophene rings is 1. The lowest BCUT2D eigenvalue weighted by atomic mass is 10.2. The number of benzene rings is 1. The monoisotopic (exact) mass is 528 g/mol. The van der Waals surface area contributed by atoms with Crippen LogP contribution in [0.2, 0.25) is 10.0 Å². The zero-order valence-electron chi connectivity index (χ0n) is 18.9. The predicted octanol–water partition coefficient (Wildman–Crippen LogP) is 5.42. The first-order valence-electron chi connectivity index (χ1n) is 11.0. The topological polar surface area (TPSA) is 88.2 Å². The number of nitrogens with one attached hydrogen (secondary N) is 1. The van der Waals surface area contributed by atoms with Crippen LogP contribution in [0.1, 0.15) is 5.56 Å². The van der Waals surface area contributed by atoms with Crippen LogP contribution < -0.4 is 10.1 Å². The van der Waals surface area contributed by atoms with E-state index in [9.17, 15) is 5.26 Å². The van der Waals surface area contributed by atoms with Crippen LogP contribution in [-0.2, 0) is 11.3 Å². The number of hydrogen-bond donors (Lipinski definition) is 1. The number of fused-ring (bicyclic) bond motifs is 1. The molecule has 4 aromatic rings. The Balaban J connectivity index is 1.43. The fraction of sp³-hybridized carbons (Fsp3) is 0.292. The van der Waals surface area contributed by atoms with Crippen LogP contribution in [0.3, 0.4) is 0 Å². The fourth-order valence-electron chi connectivity index (χ4n) is 3.93. The van der Waals surface area contributed by atoms with Crippen molar-refractivity contribution in [2.24, 2.45) is 0 Å². The number of ether oxygens (including phenoxy) is 2.